The molecule has 0 spiro atoms. The van der Waals surface area contributed by atoms with Gasteiger partial charge in [0.15, 0.2) is 6.10 Å². The van der Waals surface area contributed by atoms with Crippen LogP contribution in [0.15, 0.2) is 42.5 Å². The first-order valence-electron chi connectivity index (χ1n) is 11.0. The van der Waals surface area contributed by atoms with Gasteiger partial charge in [-0.2, -0.15) is 0 Å². The summed E-state index contributed by atoms with van der Waals surface area (Å²) in [4.78, 5) is 12.6. The number of rotatable bonds is 8. The van der Waals surface area contributed by atoms with Crippen LogP contribution in [-0.2, 0) is 11.2 Å². The number of aliphatic hydroxyl groups excluding tert-OH is 1. The average Bonchev–Trinajstić information content (AvgIpc) is 3.21. The molecular formula is C24H28Cl2N2O4. The molecule has 2 aliphatic rings. The molecule has 2 aromatic carbocycles. The summed E-state index contributed by atoms with van der Waals surface area (Å²) in [6, 6.07) is 13.0. The van der Waals surface area contributed by atoms with Crippen molar-refractivity contribution < 1.29 is 19.4 Å². The van der Waals surface area contributed by atoms with Gasteiger partial charge in [-0.3, -0.25) is 4.79 Å². The minimum atomic E-state index is -0.599. The number of ether oxygens (including phenoxy) is 2. The van der Waals surface area contributed by atoms with E-state index in [4.69, 9.17) is 32.7 Å². The maximum Gasteiger partial charge on any atom is 0.261 e. The van der Waals surface area contributed by atoms with Crippen molar-refractivity contribution >= 4 is 29.1 Å². The van der Waals surface area contributed by atoms with Crippen LogP contribution in [0.4, 0.5) is 0 Å². The Morgan fingerprint density at radius 2 is 1.75 bits per heavy atom. The summed E-state index contributed by atoms with van der Waals surface area (Å²) in [6.45, 7) is 0.682. The number of carbonyl (C=O) groups excluding carboxylic acids is 1. The van der Waals surface area contributed by atoms with Gasteiger partial charge in [-0.05, 0) is 73.7 Å². The van der Waals surface area contributed by atoms with Crippen molar-refractivity contribution in [2.24, 2.45) is 0 Å². The summed E-state index contributed by atoms with van der Waals surface area (Å²) in [6.07, 6.45) is 3.13. The van der Waals surface area contributed by atoms with Gasteiger partial charge in [0.1, 0.15) is 24.2 Å². The molecule has 2 atom stereocenters. The number of aliphatic hydroxyl groups is 1. The van der Waals surface area contributed by atoms with Crippen LogP contribution in [-0.4, -0.2) is 48.5 Å². The van der Waals surface area contributed by atoms with Crippen molar-refractivity contribution in [3.05, 3.63) is 58.1 Å². The lowest BCUT2D eigenvalue weighted by atomic mass is 9.91. The summed E-state index contributed by atoms with van der Waals surface area (Å²) >= 11 is 11.9. The smallest absolute Gasteiger partial charge is 0.261 e. The Hall–Kier alpha value is -1.99. The number of hydrogen-bond donors (Lipinski definition) is 3. The van der Waals surface area contributed by atoms with Crippen LogP contribution in [0.3, 0.4) is 0 Å². The van der Waals surface area contributed by atoms with Gasteiger partial charge in [-0.25, -0.2) is 0 Å². The van der Waals surface area contributed by atoms with Crippen LogP contribution < -0.4 is 20.1 Å². The molecule has 0 saturated heterocycles. The topological polar surface area (TPSA) is 79.8 Å². The number of hydrogen-bond acceptors (Lipinski definition) is 5. The maximum absolute atomic E-state index is 12.6. The first kappa shape index (κ1) is 23.2. The standard InChI is InChI=1S/C24H28Cl2N2O4/c25-16-1-8-21(9-2-16)31-14-20(29)13-27-18-4-6-19(7-5-18)28-24(30)23-12-15-11-17(26)3-10-22(15)32-23/h1-3,8-11,18-20,23,27,29H,4-7,12-14H2,(H,28,30). The molecule has 0 aromatic heterocycles. The largest absolute Gasteiger partial charge is 0.491 e. The normalized spacial score (nSPS) is 23.2. The van der Waals surface area contributed by atoms with Crippen molar-refractivity contribution in [3.63, 3.8) is 0 Å². The summed E-state index contributed by atoms with van der Waals surface area (Å²) in [5, 5.41) is 18.0. The summed E-state index contributed by atoms with van der Waals surface area (Å²) < 4.78 is 11.4. The van der Waals surface area contributed by atoms with E-state index in [9.17, 15) is 9.90 Å². The lowest BCUT2D eigenvalue weighted by molar-refractivity contribution is -0.128. The van der Waals surface area contributed by atoms with E-state index in [-0.39, 0.29) is 18.6 Å². The van der Waals surface area contributed by atoms with E-state index in [1.807, 2.05) is 12.1 Å². The molecule has 2 aromatic rings. The predicted molar refractivity (Wildman–Crippen MR) is 125 cm³/mol. The Morgan fingerprint density at radius 1 is 1.06 bits per heavy atom. The summed E-state index contributed by atoms with van der Waals surface area (Å²) in [5.74, 6) is 1.35. The third-order valence-electron chi connectivity index (χ3n) is 5.96. The molecule has 1 fully saturated rings. The first-order chi connectivity index (χ1) is 15.5. The Labute approximate surface area is 198 Å². The number of amides is 1. The zero-order valence-electron chi connectivity index (χ0n) is 17.7. The van der Waals surface area contributed by atoms with E-state index in [1.165, 1.54) is 0 Å². The van der Waals surface area contributed by atoms with Crippen molar-refractivity contribution in [2.45, 2.75) is 56.4 Å². The highest BCUT2D eigenvalue weighted by Crippen LogP contribution is 2.31. The fraction of sp³-hybridized carbons (Fsp3) is 0.458. The minimum absolute atomic E-state index is 0.0662. The molecule has 8 heteroatoms. The number of carbonyl (C=O) groups is 1. The van der Waals surface area contributed by atoms with Crippen LogP contribution in [0.5, 0.6) is 11.5 Å². The first-order valence-corrected chi connectivity index (χ1v) is 11.8. The second-order valence-electron chi connectivity index (χ2n) is 8.45. The average molecular weight is 479 g/mol. The highest BCUT2D eigenvalue weighted by Gasteiger charge is 2.31. The lowest BCUT2D eigenvalue weighted by Gasteiger charge is -2.30. The van der Waals surface area contributed by atoms with Crippen molar-refractivity contribution in [1.82, 2.24) is 10.6 Å². The van der Waals surface area contributed by atoms with E-state index < -0.39 is 12.2 Å². The molecule has 0 bridgehead atoms. The quantitative estimate of drug-likeness (QED) is 0.538. The van der Waals surface area contributed by atoms with Crippen LogP contribution in [0.25, 0.3) is 0 Å². The molecule has 0 radical (unpaired) electrons. The van der Waals surface area contributed by atoms with Gasteiger partial charge in [0.2, 0.25) is 0 Å². The summed E-state index contributed by atoms with van der Waals surface area (Å²) in [5.41, 5.74) is 0.976. The molecule has 1 aliphatic heterocycles. The fourth-order valence-corrected chi connectivity index (χ4v) is 4.50. The second kappa shape index (κ2) is 10.8. The molecule has 32 heavy (non-hydrogen) atoms. The van der Waals surface area contributed by atoms with Crippen LogP contribution in [0, 0.1) is 0 Å². The van der Waals surface area contributed by atoms with Gasteiger partial charge >= 0.3 is 0 Å². The molecule has 3 N–H and O–H groups in total. The van der Waals surface area contributed by atoms with Crippen LogP contribution in [0.2, 0.25) is 10.0 Å². The Kier molecular flexibility index (Phi) is 7.79. The molecule has 1 aliphatic carbocycles. The highest BCUT2D eigenvalue weighted by molar-refractivity contribution is 6.30. The molecule has 172 valence electrons. The van der Waals surface area contributed by atoms with Gasteiger partial charge in [-0.15, -0.1) is 0 Å². The zero-order chi connectivity index (χ0) is 22.5. The molecule has 1 amide bonds. The monoisotopic (exact) mass is 478 g/mol. The minimum Gasteiger partial charge on any atom is -0.491 e. The van der Waals surface area contributed by atoms with E-state index in [2.05, 4.69) is 10.6 Å². The van der Waals surface area contributed by atoms with Gasteiger partial charge in [0.25, 0.3) is 5.91 Å². The van der Waals surface area contributed by atoms with Crippen LogP contribution in [0.1, 0.15) is 31.2 Å². The summed E-state index contributed by atoms with van der Waals surface area (Å²) in [7, 11) is 0. The van der Waals surface area contributed by atoms with Gasteiger partial charge in [-0.1, -0.05) is 23.2 Å². The van der Waals surface area contributed by atoms with Crippen molar-refractivity contribution in [2.75, 3.05) is 13.2 Å². The third kappa shape index (κ3) is 6.29. The lowest BCUT2D eigenvalue weighted by Crippen LogP contribution is -2.47. The molecular weight excluding hydrogens is 451 g/mol. The number of fused-ring (bicyclic) bond motifs is 1. The van der Waals surface area contributed by atoms with E-state index in [1.54, 1.807) is 30.3 Å². The van der Waals surface area contributed by atoms with E-state index >= 15 is 0 Å². The number of nitrogens with one attached hydrogen (secondary N) is 2. The van der Waals surface area contributed by atoms with Gasteiger partial charge in [0, 0.05) is 35.1 Å². The fourth-order valence-electron chi connectivity index (χ4n) is 4.18. The van der Waals surface area contributed by atoms with Crippen molar-refractivity contribution in [3.8, 4) is 11.5 Å². The molecule has 6 nitrogen and oxygen atoms in total. The van der Waals surface area contributed by atoms with Gasteiger partial charge in [0.05, 0.1) is 0 Å². The number of halogens is 2. The maximum atomic E-state index is 12.6. The van der Waals surface area contributed by atoms with Gasteiger partial charge < -0.3 is 25.2 Å². The predicted octanol–water partition coefficient (Wildman–Crippen LogP) is 3.75. The van der Waals surface area contributed by atoms with Crippen molar-refractivity contribution in [1.29, 1.82) is 0 Å². The number of benzene rings is 2. The van der Waals surface area contributed by atoms with E-state index in [0.717, 1.165) is 37.0 Å². The Morgan fingerprint density at radius 3 is 2.50 bits per heavy atom. The third-order valence-corrected chi connectivity index (χ3v) is 6.45. The Bertz CT molecular complexity index is 917. The Balaban J connectivity index is 1.12. The molecule has 1 heterocycles. The van der Waals surface area contributed by atoms with E-state index in [0.29, 0.717) is 34.8 Å². The second-order valence-corrected chi connectivity index (χ2v) is 9.32. The zero-order valence-corrected chi connectivity index (χ0v) is 19.2. The van der Waals surface area contributed by atoms with Crippen LogP contribution >= 0.6 is 23.2 Å². The SMILES string of the molecule is O=C(NC1CCC(NCC(O)COc2ccc(Cl)cc2)CC1)C1Cc2cc(Cl)ccc2O1. The molecule has 1 saturated carbocycles. The highest BCUT2D eigenvalue weighted by atomic mass is 35.5. The molecule has 4 rings (SSSR count). The molecule has 2 unspecified atom stereocenters.